The van der Waals surface area contributed by atoms with Gasteiger partial charge in [0.1, 0.15) is 16.4 Å². The first kappa shape index (κ1) is 44.3. The highest BCUT2D eigenvalue weighted by atomic mass is 32.2. The second-order valence-electron chi connectivity index (χ2n) is 13.6. The summed E-state index contributed by atoms with van der Waals surface area (Å²) in [6.07, 6.45) is 4.38. The van der Waals surface area contributed by atoms with Gasteiger partial charge in [-0.15, -0.1) is 0 Å². The Morgan fingerprint density at radius 1 is 0.526 bits per heavy atom. The van der Waals surface area contributed by atoms with E-state index in [4.69, 9.17) is 4.55 Å². The monoisotopic (exact) mass is 782 g/mol. The van der Waals surface area contributed by atoms with Crippen LogP contribution in [-0.4, -0.2) is 23.2 Å². The normalized spacial score (nSPS) is 12.4. The van der Waals surface area contributed by atoms with Crippen molar-refractivity contribution >= 4 is 53.2 Å². The van der Waals surface area contributed by atoms with Gasteiger partial charge in [-0.2, -0.15) is 8.42 Å². The number of phenolic OH excluding ortho intramolecular Hbond substituents is 2. The lowest BCUT2D eigenvalue weighted by Gasteiger charge is -2.41. The van der Waals surface area contributed by atoms with Crippen LogP contribution in [0.25, 0.3) is 43.1 Å². The zero-order chi connectivity index (χ0) is 41.8. The fourth-order valence-electron chi connectivity index (χ4n) is 7.60. The minimum Gasteiger partial charge on any atom is -0.508 e. The molecular formula is C51H58O5S. The molecule has 1 aliphatic rings. The van der Waals surface area contributed by atoms with Crippen LogP contribution < -0.4 is 0 Å². The van der Waals surface area contributed by atoms with Gasteiger partial charge in [-0.3, -0.25) is 4.55 Å². The Balaban J connectivity index is 0.000000250. The smallest absolute Gasteiger partial charge is 0.295 e. The molecule has 0 radical (unpaired) electrons. The zero-order valence-corrected chi connectivity index (χ0v) is 35.5. The lowest BCUT2D eigenvalue weighted by molar-refractivity contribution is 0.472. The van der Waals surface area contributed by atoms with Gasteiger partial charge < -0.3 is 10.2 Å². The number of rotatable bonds is 3. The van der Waals surface area contributed by atoms with Crippen LogP contribution in [0.3, 0.4) is 0 Å². The molecule has 0 fully saturated rings. The van der Waals surface area contributed by atoms with E-state index in [1.165, 1.54) is 62.4 Å². The van der Waals surface area contributed by atoms with Crippen molar-refractivity contribution < 1.29 is 23.2 Å². The van der Waals surface area contributed by atoms with Gasteiger partial charge in [0.25, 0.3) is 10.1 Å². The standard InChI is InChI=1S/C31H22O2.C10H8O3S.2C3H8.2C2H6/c32-25-12-8-23(9-13-25)31(24-10-14-26(33)15-11-24)17-16-21-7-6-20-5-4-19-2-1-3-22-18-27(31)29(21)30(20)28(19)22;11-14(12,13)10-7-3-5-8-4-1-2-6-9(8)10;2*1-3-2;2*1-2/h1-15,18,32-33H,16-17H2;1-7H,(H,11,12,13);2*3H2,1-2H3;2*1-2H3. The largest absolute Gasteiger partial charge is 0.508 e. The molecule has 3 N–H and O–H groups in total. The van der Waals surface area contributed by atoms with Crippen molar-refractivity contribution in [2.75, 3.05) is 0 Å². The van der Waals surface area contributed by atoms with Gasteiger partial charge in [0.05, 0.1) is 0 Å². The molecule has 9 rings (SSSR count). The number of aryl methyl sites for hydroxylation is 1. The number of fused-ring (bicyclic) bond motifs is 1. The maximum atomic E-state index is 11.0. The van der Waals surface area contributed by atoms with E-state index >= 15 is 0 Å². The van der Waals surface area contributed by atoms with E-state index in [2.05, 4.69) is 100 Å². The van der Waals surface area contributed by atoms with Crippen molar-refractivity contribution in [3.63, 3.8) is 0 Å². The van der Waals surface area contributed by atoms with Crippen LogP contribution >= 0.6 is 0 Å². The van der Waals surface area contributed by atoms with Crippen LogP contribution in [0.15, 0.2) is 144 Å². The molecule has 57 heavy (non-hydrogen) atoms. The Labute approximate surface area is 339 Å². The van der Waals surface area contributed by atoms with Gasteiger partial charge >= 0.3 is 0 Å². The van der Waals surface area contributed by atoms with Gasteiger partial charge in [-0.25, -0.2) is 0 Å². The first-order chi connectivity index (χ1) is 27.6. The molecule has 0 spiro atoms. The third-order valence-corrected chi connectivity index (χ3v) is 10.6. The SMILES string of the molecule is CC.CC.CCC.CCC.O=S(=O)(O)c1cccc2ccccc12.Oc1ccc(C2(c3ccc(O)cc3)CCc3ccc4ccc5cccc6cc2c3c4c56)cc1. The van der Waals surface area contributed by atoms with Gasteiger partial charge in [0, 0.05) is 10.8 Å². The summed E-state index contributed by atoms with van der Waals surface area (Å²) >= 11 is 0. The van der Waals surface area contributed by atoms with E-state index in [1.54, 1.807) is 54.6 Å². The summed E-state index contributed by atoms with van der Waals surface area (Å²) in [5.74, 6) is 0.539. The van der Waals surface area contributed by atoms with E-state index in [0.717, 1.165) is 29.4 Å². The summed E-state index contributed by atoms with van der Waals surface area (Å²) in [5.41, 5.74) is 4.64. The predicted octanol–water partition coefficient (Wildman–Crippen LogP) is 14.2. The highest BCUT2D eigenvalue weighted by molar-refractivity contribution is 7.86. The Morgan fingerprint density at radius 3 is 1.54 bits per heavy atom. The molecule has 298 valence electrons. The summed E-state index contributed by atoms with van der Waals surface area (Å²) in [4.78, 5) is -0.0457. The summed E-state index contributed by atoms with van der Waals surface area (Å²) in [6, 6.07) is 45.1. The molecule has 0 unspecified atom stereocenters. The Morgan fingerprint density at radius 2 is 0.982 bits per heavy atom. The maximum absolute atomic E-state index is 11.0. The molecule has 0 heterocycles. The third kappa shape index (κ3) is 9.25. The second kappa shape index (κ2) is 20.1. The zero-order valence-electron chi connectivity index (χ0n) is 34.7. The molecule has 0 bridgehead atoms. The minimum absolute atomic E-state index is 0.0457. The van der Waals surface area contributed by atoms with E-state index in [-0.39, 0.29) is 21.8 Å². The molecule has 0 amide bonds. The summed E-state index contributed by atoms with van der Waals surface area (Å²) in [7, 11) is -4.13. The molecule has 0 aliphatic heterocycles. The van der Waals surface area contributed by atoms with Gasteiger partial charge in [0.15, 0.2) is 0 Å². The quantitative estimate of drug-likeness (QED) is 0.123. The molecule has 8 aromatic rings. The van der Waals surface area contributed by atoms with Crippen LogP contribution in [0, 0.1) is 0 Å². The fraction of sp³-hybridized carbons (Fsp3) is 0.255. The highest BCUT2D eigenvalue weighted by Crippen LogP contribution is 2.52. The molecule has 0 aromatic heterocycles. The molecular weight excluding hydrogens is 725 g/mol. The minimum atomic E-state index is -4.13. The van der Waals surface area contributed by atoms with Crippen molar-refractivity contribution in [1.29, 1.82) is 0 Å². The van der Waals surface area contributed by atoms with Gasteiger partial charge in [0.2, 0.25) is 0 Å². The van der Waals surface area contributed by atoms with Crippen LogP contribution in [0.2, 0.25) is 0 Å². The first-order valence-corrected chi connectivity index (χ1v) is 21.7. The number of phenols is 2. The Bertz CT molecular complexity index is 2540. The first-order valence-electron chi connectivity index (χ1n) is 20.3. The number of hydrogen-bond acceptors (Lipinski definition) is 4. The lowest BCUT2D eigenvalue weighted by atomic mass is 9.61. The van der Waals surface area contributed by atoms with Crippen molar-refractivity contribution in [1.82, 2.24) is 0 Å². The number of aromatic hydroxyl groups is 2. The van der Waals surface area contributed by atoms with Gasteiger partial charge in [-0.05, 0) is 109 Å². The Kier molecular flexibility index (Phi) is 15.6. The number of hydrogen-bond donors (Lipinski definition) is 3. The number of benzene rings is 8. The summed E-state index contributed by atoms with van der Waals surface area (Å²) in [5, 5.41) is 29.2. The summed E-state index contributed by atoms with van der Waals surface area (Å²) in [6.45, 7) is 16.5. The van der Waals surface area contributed by atoms with E-state index in [9.17, 15) is 18.6 Å². The van der Waals surface area contributed by atoms with E-state index < -0.39 is 10.1 Å². The molecule has 0 saturated heterocycles. The van der Waals surface area contributed by atoms with Crippen LogP contribution in [-0.2, 0) is 22.0 Å². The average Bonchev–Trinajstić information content (AvgIpc) is 3.23. The highest BCUT2D eigenvalue weighted by Gasteiger charge is 2.41. The third-order valence-electron chi connectivity index (χ3n) is 9.69. The molecule has 5 nitrogen and oxygen atoms in total. The van der Waals surface area contributed by atoms with Crippen molar-refractivity contribution in [2.45, 2.75) is 91.4 Å². The fourth-order valence-corrected chi connectivity index (χ4v) is 8.32. The molecule has 1 aliphatic carbocycles. The summed E-state index contributed by atoms with van der Waals surface area (Å²) < 4.78 is 31.0. The van der Waals surface area contributed by atoms with Crippen LogP contribution in [0.5, 0.6) is 11.5 Å². The van der Waals surface area contributed by atoms with E-state index in [1.807, 2.05) is 33.8 Å². The maximum Gasteiger partial charge on any atom is 0.295 e. The van der Waals surface area contributed by atoms with Crippen LogP contribution in [0.1, 0.15) is 96.9 Å². The topological polar surface area (TPSA) is 94.8 Å². The predicted molar refractivity (Wildman–Crippen MR) is 243 cm³/mol. The van der Waals surface area contributed by atoms with Crippen molar-refractivity contribution in [3.05, 3.63) is 162 Å². The molecule has 0 saturated carbocycles. The van der Waals surface area contributed by atoms with Gasteiger partial charge in [-0.1, -0.05) is 171 Å². The molecule has 0 atom stereocenters. The Hall–Kier alpha value is -5.43. The molecule has 6 heteroatoms. The molecule has 8 aromatic carbocycles. The van der Waals surface area contributed by atoms with Crippen molar-refractivity contribution in [2.24, 2.45) is 0 Å². The second-order valence-corrected chi connectivity index (χ2v) is 15.0. The van der Waals surface area contributed by atoms with Crippen molar-refractivity contribution in [3.8, 4) is 11.5 Å². The van der Waals surface area contributed by atoms with E-state index in [0.29, 0.717) is 5.39 Å². The van der Waals surface area contributed by atoms with Crippen LogP contribution in [0.4, 0.5) is 0 Å². The lowest BCUT2D eigenvalue weighted by Crippen LogP contribution is -2.33. The average molecular weight is 783 g/mol.